The minimum atomic E-state index is -3.95. The number of rotatable bonds is 7. The van der Waals surface area contributed by atoms with Crippen molar-refractivity contribution in [2.75, 3.05) is 3.82 Å². The predicted molar refractivity (Wildman–Crippen MR) is 106 cm³/mol. The normalized spacial score (nSPS) is 11.4. The van der Waals surface area contributed by atoms with Crippen molar-refractivity contribution in [1.82, 2.24) is 4.98 Å². The molecule has 0 aliphatic heterocycles. The lowest BCUT2D eigenvalue weighted by Gasteiger charge is -2.17. The molecule has 0 amide bonds. The van der Waals surface area contributed by atoms with Crippen molar-refractivity contribution in [1.29, 1.82) is 0 Å². The smallest absolute Gasteiger partial charge is 0.279 e. The van der Waals surface area contributed by atoms with Crippen LogP contribution in [-0.2, 0) is 28.0 Å². The second-order valence-electron chi connectivity index (χ2n) is 6.09. The highest BCUT2D eigenvalue weighted by molar-refractivity contribution is 7.94. The van der Waals surface area contributed by atoms with Gasteiger partial charge in [0, 0.05) is 11.8 Å². The highest BCUT2D eigenvalue weighted by atomic mass is 35.5. The van der Waals surface area contributed by atoms with E-state index in [-0.39, 0.29) is 29.7 Å². The fraction of sp³-hybridized carbons (Fsp3) is 0.150. The molecule has 0 spiro atoms. The Bertz CT molecular complexity index is 1060. The first-order valence-corrected chi connectivity index (χ1v) is 10.2. The second-order valence-corrected chi connectivity index (χ2v) is 8.39. The molecule has 0 radical (unpaired) electrons. The van der Waals surface area contributed by atoms with Crippen LogP contribution in [0.5, 0.6) is 0 Å². The van der Waals surface area contributed by atoms with Crippen LogP contribution in [0.2, 0.25) is 0 Å². The average Bonchev–Trinajstić information content (AvgIpc) is 2.69. The third kappa shape index (κ3) is 4.67. The Kier molecular flexibility index (Phi) is 6.28. The molecule has 0 bridgehead atoms. The fourth-order valence-electron chi connectivity index (χ4n) is 2.55. The summed E-state index contributed by atoms with van der Waals surface area (Å²) in [7, 11) is -3.95. The SMILES string of the molecule is Cc1ccccc1S(=O)(=O)N(Cl)c1cccc(COCc2ccc(F)cc2)n1. The van der Waals surface area contributed by atoms with Crippen LogP contribution in [0.1, 0.15) is 16.8 Å². The minimum Gasteiger partial charge on any atom is -0.370 e. The molecule has 0 aliphatic carbocycles. The highest BCUT2D eigenvalue weighted by Gasteiger charge is 2.26. The van der Waals surface area contributed by atoms with E-state index in [2.05, 4.69) is 4.98 Å². The monoisotopic (exact) mass is 420 g/mol. The number of ether oxygens (including phenoxy) is 1. The number of sulfonamides is 1. The molecule has 1 heterocycles. The third-order valence-corrected chi connectivity index (χ3v) is 6.33. The van der Waals surface area contributed by atoms with Gasteiger partial charge in [0.25, 0.3) is 10.0 Å². The summed E-state index contributed by atoms with van der Waals surface area (Å²) in [4.78, 5) is 4.38. The lowest BCUT2D eigenvalue weighted by atomic mass is 10.2. The van der Waals surface area contributed by atoms with Gasteiger partial charge in [-0.2, -0.15) is 12.2 Å². The molecule has 0 N–H and O–H groups in total. The molecular formula is C20H18ClFN2O3S. The molecule has 0 saturated heterocycles. The predicted octanol–water partition coefficient (Wildman–Crippen LogP) is 4.60. The molecular weight excluding hydrogens is 403 g/mol. The van der Waals surface area contributed by atoms with Crippen LogP contribution < -0.4 is 3.82 Å². The Morgan fingerprint density at radius 2 is 1.71 bits per heavy atom. The quantitative estimate of drug-likeness (QED) is 0.524. The molecule has 0 atom stereocenters. The van der Waals surface area contributed by atoms with Crippen molar-refractivity contribution in [2.24, 2.45) is 0 Å². The van der Waals surface area contributed by atoms with E-state index in [0.29, 0.717) is 15.1 Å². The van der Waals surface area contributed by atoms with E-state index < -0.39 is 10.0 Å². The summed E-state index contributed by atoms with van der Waals surface area (Å²) in [5.74, 6) is -0.233. The zero-order valence-electron chi connectivity index (χ0n) is 15.0. The van der Waals surface area contributed by atoms with Gasteiger partial charge in [-0.3, -0.25) is 0 Å². The number of aromatic nitrogens is 1. The van der Waals surface area contributed by atoms with E-state index in [9.17, 15) is 12.8 Å². The maximum atomic E-state index is 12.9. The first-order valence-electron chi connectivity index (χ1n) is 8.43. The lowest BCUT2D eigenvalue weighted by molar-refractivity contribution is 0.104. The summed E-state index contributed by atoms with van der Waals surface area (Å²) in [5.41, 5.74) is 1.93. The molecule has 0 fully saturated rings. The Labute approximate surface area is 168 Å². The van der Waals surface area contributed by atoms with Gasteiger partial charge in [0.1, 0.15) is 5.82 Å². The van der Waals surface area contributed by atoms with Crippen LogP contribution in [0.3, 0.4) is 0 Å². The Hall–Kier alpha value is -2.48. The number of aryl methyl sites for hydroxylation is 1. The number of anilines is 1. The fourth-order valence-corrected chi connectivity index (χ4v) is 4.12. The molecule has 0 aliphatic rings. The van der Waals surface area contributed by atoms with Gasteiger partial charge in [-0.05, 0) is 48.4 Å². The zero-order chi connectivity index (χ0) is 20.1. The maximum Gasteiger partial charge on any atom is 0.279 e. The van der Waals surface area contributed by atoms with E-state index in [0.717, 1.165) is 5.56 Å². The van der Waals surface area contributed by atoms with Crippen molar-refractivity contribution < 1.29 is 17.5 Å². The molecule has 3 rings (SSSR count). The van der Waals surface area contributed by atoms with Crippen LogP contribution in [0.15, 0.2) is 71.6 Å². The summed E-state index contributed by atoms with van der Waals surface area (Å²) in [6, 6.07) is 17.4. The standard InChI is InChI=1S/C20H18ClFN2O3S/c1-15-5-2-3-7-19(15)28(25,26)24(21)20-8-4-6-18(23-20)14-27-13-16-9-11-17(22)12-10-16/h2-12H,13-14H2,1H3. The first kappa shape index (κ1) is 20.3. The summed E-state index contributed by atoms with van der Waals surface area (Å²) in [6.07, 6.45) is 0. The van der Waals surface area contributed by atoms with Gasteiger partial charge < -0.3 is 4.74 Å². The Morgan fingerprint density at radius 3 is 2.43 bits per heavy atom. The molecule has 8 heteroatoms. The largest absolute Gasteiger partial charge is 0.370 e. The number of benzene rings is 2. The van der Waals surface area contributed by atoms with E-state index in [1.54, 1.807) is 49.4 Å². The summed E-state index contributed by atoms with van der Waals surface area (Å²) < 4.78 is 44.7. The van der Waals surface area contributed by atoms with E-state index in [1.807, 2.05) is 0 Å². The van der Waals surface area contributed by atoms with Crippen LogP contribution in [-0.4, -0.2) is 13.4 Å². The van der Waals surface area contributed by atoms with Crippen molar-refractivity contribution in [3.63, 3.8) is 0 Å². The molecule has 0 saturated carbocycles. The summed E-state index contributed by atoms with van der Waals surface area (Å²) in [5, 5.41) is 0. The molecule has 3 aromatic rings. The zero-order valence-corrected chi connectivity index (χ0v) is 16.6. The van der Waals surface area contributed by atoms with Crippen LogP contribution in [0, 0.1) is 12.7 Å². The Balaban J connectivity index is 1.71. The molecule has 146 valence electrons. The first-order chi connectivity index (χ1) is 13.4. The van der Waals surface area contributed by atoms with Gasteiger partial charge >= 0.3 is 0 Å². The van der Waals surface area contributed by atoms with Crippen molar-refractivity contribution in [3.8, 4) is 0 Å². The van der Waals surface area contributed by atoms with Gasteiger partial charge in [0.2, 0.25) is 0 Å². The molecule has 28 heavy (non-hydrogen) atoms. The van der Waals surface area contributed by atoms with Gasteiger partial charge in [-0.1, -0.05) is 36.4 Å². The van der Waals surface area contributed by atoms with Gasteiger partial charge in [-0.25, -0.2) is 9.37 Å². The van der Waals surface area contributed by atoms with E-state index in [1.165, 1.54) is 24.3 Å². The van der Waals surface area contributed by atoms with Gasteiger partial charge in [0.15, 0.2) is 5.82 Å². The van der Waals surface area contributed by atoms with Gasteiger partial charge in [-0.15, -0.1) is 0 Å². The molecule has 2 aromatic carbocycles. The highest BCUT2D eigenvalue weighted by Crippen LogP contribution is 2.26. The molecule has 0 unspecified atom stereocenters. The van der Waals surface area contributed by atoms with Crippen molar-refractivity contribution >= 4 is 27.6 Å². The number of halogens is 2. The van der Waals surface area contributed by atoms with E-state index >= 15 is 0 Å². The number of hydrogen-bond acceptors (Lipinski definition) is 4. The average molecular weight is 421 g/mol. The lowest BCUT2D eigenvalue weighted by Crippen LogP contribution is -2.23. The second kappa shape index (κ2) is 8.68. The third-order valence-electron chi connectivity index (χ3n) is 3.99. The van der Waals surface area contributed by atoms with E-state index in [4.69, 9.17) is 16.5 Å². The molecule has 5 nitrogen and oxygen atoms in total. The summed E-state index contributed by atoms with van der Waals surface area (Å²) in [6.45, 7) is 2.13. The number of nitrogens with zero attached hydrogens (tertiary/aromatic N) is 2. The van der Waals surface area contributed by atoms with Gasteiger partial charge in [0.05, 0.1) is 23.8 Å². The van der Waals surface area contributed by atoms with Crippen LogP contribution >= 0.6 is 11.8 Å². The minimum absolute atomic E-state index is 0.0767. The number of hydrogen-bond donors (Lipinski definition) is 0. The Morgan fingerprint density at radius 1 is 1.00 bits per heavy atom. The maximum absolute atomic E-state index is 12.9. The van der Waals surface area contributed by atoms with Crippen molar-refractivity contribution in [2.45, 2.75) is 25.0 Å². The van der Waals surface area contributed by atoms with Crippen LogP contribution in [0.4, 0.5) is 10.2 Å². The molecule has 1 aromatic heterocycles. The van der Waals surface area contributed by atoms with Crippen LogP contribution in [0.25, 0.3) is 0 Å². The summed E-state index contributed by atoms with van der Waals surface area (Å²) >= 11 is 6.13. The van der Waals surface area contributed by atoms with Crippen molar-refractivity contribution in [3.05, 3.63) is 89.4 Å². The number of pyridine rings is 1. The topological polar surface area (TPSA) is 59.5 Å².